The lowest BCUT2D eigenvalue weighted by Crippen LogP contribution is -2.37. The monoisotopic (exact) mass is 436 g/mol. The van der Waals surface area contributed by atoms with Gasteiger partial charge in [0.2, 0.25) is 0 Å². The third kappa shape index (κ3) is 6.83. The van der Waals surface area contributed by atoms with Crippen LogP contribution in [0.4, 0.5) is 0 Å². The maximum absolute atomic E-state index is 4.28. The average molecular weight is 436 g/mol. The zero-order valence-corrected chi connectivity index (χ0v) is 16.9. The number of unbranched alkanes of at least 4 members (excludes halogenated alkanes) is 1. The Labute approximate surface area is 155 Å². The van der Waals surface area contributed by atoms with E-state index in [9.17, 15) is 0 Å². The van der Waals surface area contributed by atoms with Crippen LogP contribution in [0.1, 0.15) is 36.1 Å². The molecule has 126 valence electrons. The van der Waals surface area contributed by atoms with E-state index in [1.807, 2.05) is 7.05 Å². The fourth-order valence-corrected chi connectivity index (χ4v) is 3.49. The van der Waals surface area contributed by atoms with Gasteiger partial charge < -0.3 is 15.5 Å². The zero-order chi connectivity index (χ0) is 14.9. The summed E-state index contributed by atoms with van der Waals surface area (Å²) < 4.78 is 0. The van der Waals surface area contributed by atoms with Crippen molar-refractivity contribution in [3.8, 4) is 0 Å². The van der Waals surface area contributed by atoms with E-state index >= 15 is 0 Å². The van der Waals surface area contributed by atoms with E-state index in [-0.39, 0.29) is 24.0 Å². The number of guanidine groups is 1. The van der Waals surface area contributed by atoms with Gasteiger partial charge in [-0.15, -0.1) is 35.3 Å². The molecule has 2 heterocycles. The highest BCUT2D eigenvalue weighted by molar-refractivity contribution is 14.0. The average Bonchev–Trinajstić information content (AvgIpc) is 3.14. The molecule has 0 spiro atoms. The van der Waals surface area contributed by atoms with Crippen molar-refractivity contribution < 1.29 is 0 Å². The standard InChI is InChI=1S/C16H28N4S.HI/c1-14-7-12-21-15(14)13-19-16(17-2)18-8-3-4-9-20-10-5-6-11-20;/h7,12H,3-6,8-11,13H2,1-2H3,(H2,17,18,19);1H. The highest BCUT2D eigenvalue weighted by Gasteiger charge is 2.10. The maximum atomic E-state index is 4.28. The lowest BCUT2D eigenvalue weighted by molar-refractivity contribution is 0.330. The Morgan fingerprint density at radius 3 is 2.68 bits per heavy atom. The smallest absolute Gasteiger partial charge is 0.191 e. The highest BCUT2D eigenvalue weighted by atomic mass is 127. The molecule has 4 nitrogen and oxygen atoms in total. The van der Waals surface area contributed by atoms with Gasteiger partial charge in [0, 0.05) is 18.5 Å². The van der Waals surface area contributed by atoms with Crippen molar-refractivity contribution in [1.82, 2.24) is 15.5 Å². The molecule has 0 aromatic carbocycles. The summed E-state index contributed by atoms with van der Waals surface area (Å²) in [6.45, 7) is 7.87. The Balaban J connectivity index is 0.00000242. The molecule has 0 atom stereocenters. The van der Waals surface area contributed by atoms with Gasteiger partial charge in [0.25, 0.3) is 0 Å². The van der Waals surface area contributed by atoms with E-state index in [1.54, 1.807) is 11.3 Å². The molecule has 22 heavy (non-hydrogen) atoms. The van der Waals surface area contributed by atoms with E-state index in [4.69, 9.17) is 0 Å². The summed E-state index contributed by atoms with van der Waals surface area (Å²) in [5.41, 5.74) is 1.36. The van der Waals surface area contributed by atoms with Crippen molar-refractivity contribution in [3.05, 3.63) is 21.9 Å². The van der Waals surface area contributed by atoms with Crippen molar-refractivity contribution in [2.45, 2.75) is 39.2 Å². The van der Waals surface area contributed by atoms with E-state index in [0.29, 0.717) is 0 Å². The number of hydrogen-bond acceptors (Lipinski definition) is 3. The molecule has 1 saturated heterocycles. The predicted octanol–water partition coefficient (Wildman–Crippen LogP) is 3.22. The van der Waals surface area contributed by atoms with Crippen molar-refractivity contribution in [2.75, 3.05) is 33.2 Å². The highest BCUT2D eigenvalue weighted by Crippen LogP contribution is 2.14. The SMILES string of the molecule is CN=C(NCCCCN1CCCC1)NCc1sccc1C.I. The minimum atomic E-state index is 0. The molecule has 0 bridgehead atoms. The van der Waals surface area contributed by atoms with Crippen molar-refractivity contribution in [3.63, 3.8) is 0 Å². The van der Waals surface area contributed by atoms with Gasteiger partial charge in [-0.25, -0.2) is 0 Å². The van der Waals surface area contributed by atoms with Gasteiger partial charge in [-0.05, 0) is 69.3 Å². The molecule has 0 aliphatic carbocycles. The molecule has 2 rings (SSSR count). The predicted molar refractivity (Wildman–Crippen MR) is 108 cm³/mol. The van der Waals surface area contributed by atoms with Gasteiger partial charge in [-0.3, -0.25) is 4.99 Å². The normalized spacial score (nSPS) is 15.6. The number of halogens is 1. The minimum Gasteiger partial charge on any atom is -0.356 e. The van der Waals surface area contributed by atoms with Gasteiger partial charge in [-0.1, -0.05) is 0 Å². The second kappa shape index (κ2) is 11.2. The van der Waals surface area contributed by atoms with Crippen molar-refractivity contribution in [2.24, 2.45) is 4.99 Å². The van der Waals surface area contributed by atoms with Crippen LogP contribution in [0.15, 0.2) is 16.4 Å². The fraction of sp³-hybridized carbons (Fsp3) is 0.688. The van der Waals surface area contributed by atoms with Crippen LogP contribution in [0.3, 0.4) is 0 Å². The van der Waals surface area contributed by atoms with Crippen LogP contribution in [-0.2, 0) is 6.54 Å². The number of aliphatic imine (C=N–C) groups is 1. The minimum absolute atomic E-state index is 0. The topological polar surface area (TPSA) is 39.7 Å². The molecule has 1 aliphatic rings. The van der Waals surface area contributed by atoms with Gasteiger partial charge in [0.15, 0.2) is 5.96 Å². The first-order chi connectivity index (χ1) is 10.3. The molecule has 6 heteroatoms. The van der Waals surface area contributed by atoms with Crippen LogP contribution >= 0.6 is 35.3 Å². The summed E-state index contributed by atoms with van der Waals surface area (Å²) in [5.74, 6) is 0.906. The molecule has 1 aromatic rings. The first-order valence-electron chi connectivity index (χ1n) is 7.99. The number of nitrogens with zero attached hydrogens (tertiary/aromatic N) is 2. The quantitative estimate of drug-likeness (QED) is 0.299. The van der Waals surface area contributed by atoms with Gasteiger partial charge in [-0.2, -0.15) is 0 Å². The van der Waals surface area contributed by atoms with E-state index in [0.717, 1.165) is 19.0 Å². The summed E-state index contributed by atoms with van der Waals surface area (Å²) >= 11 is 1.80. The van der Waals surface area contributed by atoms with Crippen LogP contribution in [0.2, 0.25) is 0 Å². The lowest BCUT2D eigenvalue weighted by Gasteiger charge is -2.15. The van der Waals surface area contributed by atoms with Crippen LogP contribution in [0.25, 0.3) is 0 Å². The molecule has 0 unspecified atom stereocenters. The molecule has 0 amide bonds. The van der Waals surface area contributed by atoms with Crippen LogP contribution < -0.4 is 10.6 Å². The largest absolute Gasteiger partial charge is 0.356 e. The van der Waals surface area contributed by atoms with E-state index < -0.39 is 0 Å². The molecular weight excluding hydrogens is 407 g/mol. The number of nitrogens with one attached hydrogen (secondary N) is 2. The number of aryl methyl sites for hydroxylation is 1. The fourth-order valence-electron chi connectivity index (χ4n) is 2.64. The Morgan fingerprint density at radius 2 is 2.05 bits per heavy atom. The van der Waals surface area contributed by atoms with Crippen LogP contribution in [-0.4, -0.2) is 44.1 Å². The Kier molecular flexibility index (Phi) is 10.1. The second-order valence-corrected chi connectivity index (χ2v) is 6.64. The summed E-state index contributed by atoms with van der Waals surface area (Å²) in [5, 5.41) is 8.93. The molecule has 2 N–H and O–H groups in total. The molecule has 0 radical (unpaired) electrons. The summed E-state index contributed by atoms with van der Waals surface area (Å²) in [7, 11) is 1.83. The third-order valence-electron chi connectivity index (χ3n) is 4.00. The Hall–Kier alpha value is -0.340. The zero-order valence-electron chi connectivity index (χ0n) is 13.7. The van der Waals surface area contributed by atoms with E-state index in [1.165, 1.54) is 55.8 Å². The molecule has 1 fully saturated rings. The Morgan fingerprint density at radius 1 is 1.27 bits per heavy atom. The van der Waals surface area contributed by atoms with Crippen LogP contribution in [0.5, 0.6) is 0 Å². The number of thiophene rings is 1. The third-order valence-corrected chi connectivity index (χ3v) is 5.02. The van der Waals surface area contributed by atoms with Gasteiger partial charge >= 0.3 is 0 Å². The van der Waals surface area contributed by atoms with Gasteiger partial charge in [0.1, 0.15) is 0 Å². The summed E-state index contributed by atoms with van der Waals surface area (Å²) in [4.78, 5) is 8.24. The summed E-state index contributed by atoms with van der Waals surface area (Å²) in [6.07, 6.45) is 5.25. The lowest BCUT2D eigenvalue weighted by atomic mass is 10.3. The first-order valence-corrected chi connectivity index (χ1v) is 8.87. The van der Waals surface area contributed by atoms with E-state index in [2.05, 4.69) is 38.9 Å². The molecule has 0 saturated carbocycles. The maximum Gasteiger partial charge on any atom is 0.191 e. The van der Waals surface area contributed by atoms with Gasteiger partial charge in [0.05, 0.1) is 6.54 Å². The number of rotatable bonds is 7. The van der Waals surface area contributed by atoms with Crippen molar-refractivity contribution in [1.29, 1.82) is 0 Å². The Bertz CT molecular complexity index is 441. The summed E-state index contributed by atoms with van der Waals surface area (Å²) in [6, 6.07) is 2.16. The molecule has 1 aliphatic heterocycles. The number of hydrogen-bond donors (Lipinski definition) is 2. The number of likely N-dealkylation sites (tertiary alicyclic amines) is 1. The van der Waals surface area contributed by atoms with Crippen molar-refractivity contribution >= 4 is 41.3 Å². The second-order valence-electron chi connectivity index (χ2n) is 5.64. The first kappa shape index (κ1) is 19.7. The molecular formula is C16H29IN4S. The van der Waals surface area contributed by atoms with Crippen LogP contribution in [0, 0.1) is 6.92 Å². The molecule has 1 aromatic heterocycles.